The van der Waals surface area contributed by atoms with Crippen molar-refractivity contribution in [2.75, 3.05) is 19.6 Å². The molecule has 3 fully saturated rings. The molecule has 1 aromatic rings. The van der Waals surface area contributed by atoms with Gasteiger partial charge in [0.05, 0.1) is 5.69 Å². The first kappa shape index (κ1) is 28.0. The van der Waals surface area contributed by atoms with Crippen LogP contribution in [-0.4, -0.2) is 63.0 Å². The molecule has 2 aliphatic heterocycles. The zero-order valence-corrected chi connectivity index (χ0v) is 23.2. The number of aryl methyl sites for hydroxylation is 2. The topological polar surface area (TPSA) is 81.3 Å². The Balaban J connectivity index is 0.00000342. The highest BCUT2D eigenvalue weighted by Crippen LogP contribution is 2.44. The number of hydrogen-bond donors (Lipinski definition) is 2. The Labute approximate surface area is 217 Å². The Morgan fingerprint density at radius 3 is 2.31 bits per heavy atom. The van der Waals surface area contributed by atoms with Gasteiger partial charge >= 0.3 is 0 Å². The van der Waals surface area contributed by atoms with Crippen LogP contribution in [-0.2, 0) is 9.59 Å². The number of hydrogen-bond acceptors (Lipinski definition) is 4. The van der Waals surface area contributed by atoms with Crippen LogP contribution < -0.4 is 5.32 Å². The van der Waals surface area contributed by atoms with Crippen LogP contribution in [0.4, 0.5) is 0 Å². The van der Waals surface area contributed by atoms with Crippen molar-refractivity contribution in [3.05, 3.63) is 17.0 Å². The average molecular weight is 508 g/mol. The molecule has 198 valence electrons. The first-order valence-corrected chi connectivity index (χ1v) is 13.7. The Morgan fingerprint density at radius 2 is 1.77 bits per heavy atom. The Morgan fingerprint density at radius 1 is 1.11 bits per heavy atom. The standard InChI is InChI=1S/C27H45N5O2.ClH/c1-6-7-14-32-25(33)22(17-18(2)3)28-26(34)27(32)12-15-31(16-13-27)24(21-10-8-9-11-21)23-19(4)29-30-20(23)5;/h18,21-22,24H,6-17H2,1-5H3,(H,28,34)(H,29,30);1H/t22-,24?;/m0./s1. The lowest BCUT2D eigenvalue weighted by atomic mass is 9.79. The summed E-state index contributed by atoms with van der Waals surface area (Å²) in [5, 5.41) is 10.9. The predicted octanol–water partition coefficient (Wildman–Crippen LogP) is 4.69. The lowest BCUT2D eigenvalue weighted by Crippen LogP contribution is -2.73. The molecule has 2 amide bonds. The number of likely N-dealkylation sites (tertiary alicyclic amines) is 1. The highest BCUT2D eigenvalue weighted by Gasteiger charge is 2.54. The van der Waals surface area contributed by atoms with E-state index in [4.69, 9.17) is 0 Å². The third kappa shape index (κ3) is 5.41. The molecule has 3 aliphatic rings. The third-order valence-electron chi connectivity index (χ3n) is 8.60. The largest absolute Gasteiger partial charge is 0.342 e. The Bertz CT molecular complexity index is 851. The lowest BCUT2D eigenvalue weighted by molar-refractivity contribution is -0.162. The molecular weight excluding hydrogens is 462 g/mol. The number of carbonyl (C=O) groups excluding carboxylic acids is 2. The lowest BCUT2D eigenvalue weighted by Gasteiger charge is -2.53. The van der Waals surface area contributed by atoms with Gasteiger partial charge in [-0.15, -0.1) is 12.4 Å². The molecule has 2 atom stereocenters. The second kappa shape index (κ2) is 11.6. The van der Waals surface area contributed by atoms with Crippen LogP contribution in [0.15, 0.2) is 0 Å². The van der Waals surface area contributed by atoms with Crippen molar-refractivity contribution < 1.29 is 9.59 Å². The van der Waals surface area contributed by atoms with Crippen LogP contribution in [0.3, 0.4) is 0 Å². The van der Waals surface area contributed by atoms with Crippen LogP contribution in [0.1, 0.15) is 102 Å². The number of carbonyl (C=O) groups is 2. The van der Waals surface area contributed by atoms with E-state index in [1.807, 2.05) is 4.90 Å². The maximum Gasteiger partial charge on any atom is 0.246 e. The fourth-order valence-electron chi connectivity index (χ4n) is 6.80. The number of amides is 2. The second-order valence-electron chi connectivity index (χ2n) is 11.4. The van der Waals surface area contributed by atoms with Crippen molar-refractivity contribution in [3.63, 3.8) is 0 Å². The van der Waals surface area contributed by atoms with Gasteiger partial charge in [0, 0.05) is 36.9 Å². The van der Waals surface area contributed by atoms with Gasteiger partial charge in [0.25, 0.3) is 0 Å². The van der Waals surface area contributed by atoms with E-state index in [-0.39, 0.29) is 30.3 Å². The number of aromatic amines is 1. The normalized spacial score (nSPS) is 24.2. The summed E-state index contributed by atoms with van der Waals surface area (Å²) in [6, 6.07) is -0.0331. The van der Waals surface area contributed by atoms with E-state index in [1.54, 1.807) is 0 Å². The predicted molar refractivity (Wildman–Crippen MR) is 142 cm³/mol. The number of nitrogens with one attached hydrogen (secondary N) is 2. The Hall–Kier alpha value is -1.60. The monoisotopic (exact) mass is 507 g/mol. The van der Waals surface area contributed by atoms with Crippen LogP contribution in [0.5, 0.6) is 0 Å². The molecule has 1 saturated carbocycles. The van der Waals surface area contributed by atoms with Gasteiger partial charge in [0.2, 0.25) is 11.8 Å². The minimum absolute atomic E-state index is 0. The molecule has 35 heavy (non-hydrogen) atoms. The fourth-order valence-corrected chi connectivity index (χ4v) is 6.80. The van der Waals surface area contributed by atoms with Crippen molar-refractivity contribution >= 4 is 24.2 Å². The van der Waals surface area contributed by atoms with Crippen molar-refractivity contribution in [1.29, 1.82) is 0 Å². The van der Waals surface area contributed by atoms with Gasteiger partial charge in [0.1, 0.15) is 11.6 Å². The minimum atomic E-state index is -0.697. The number of unbranched alkanes of at least 4 members (excludes halogenated alkanes) is 1. The molecular formula is C27H46ClN5O2. The van der Waals surface area contributed by atoms with Crippen molar-refractivity contribution in [3.8, 4) is 0 Å². The first-order valence-electron chi connectivity index (χ1n) is 13.7. The zero-order chi connectivity index (χ0) is 24.5. The van der Waals surface area contributed by atoms with Gasteiger partial charge in [-0.25, -0.2) is 0 Å². The summed E-state index contributed by atoms with van der Waals surface area (Å²) >= 11 is 0. The van der Waals surface area contributed by atoms with Gasteiger partial charge in [-0.3, -0.25) is 19.6 Å². The zero-order valence-electron chi connectivity index (χ0n) is 22.4. The maximum atomic E-state index is 13.6. The number of aromatic nitrogens is 2. The second-order valence-corrected chi connectivity index (χ2v) is 11.4. The summed E-state index contributed by atoms with van der Waals surface area (Å²) < 4.78 is 0. The molecule has 2 N–H and O–H groups in total. The molecule has 7 nitrogen and oxygen atoms in total. The smallest absolute Gasteiger partial charge is 0.246 e. The summed E-state index contributed by atoms with van der Waals surface area (Å²) in [7, 11) is 0. The molecule has 1 aliphatic carbocycles. The van der Waals surface area contributed by atoms with Gasteiger partial charge in [0.15, 0.2) is 0 Å². The number of H-pyrrole nitrogens is 1. The molecule has 1 aromatic heterocycles. The summed E-state index contributed by atoms with van der Waals surface area (Å²) in [5.41, 5.74) is 2.92. The number of piperazine rings is 1. The maximum absolute atomic E-state index is 13.6. The van der Waals surface area contributed by atoms with Crippen molar-refractivity contribution in [2.45, 2.75) is 110 Å². The van der Waals surface area contributed by atoms with E-state index >= 15 is 0 Å². The molecule has 3 heterocycles. The van der Waals surface area contributed by atoms with E-state index in [9.17, 15) is 9.59 Å². The number of halogens is 1. The molecule has 1 unspecified atom stereocenters. The van der Waals surface area contributed by atoms with E-state index in [2.05, 4.69) is 55.0 Å². The fraction of sp³-hybridized carbons (Fsp3) is 0.815. The number of piperidine rings is 1. The molecule has 8 heteroatoms. The highest BCUT2D eigenvalue weighted by molar-refractivity contribution is 6.00. The van der Waals surface area contributed by atoms with Crippen LogP contribution >= 0.6 is 12.4 Å². The van der Waals surface area contributed by atoms with E-state index in [1.165, 1.54) is 36.9 Å². The summed E-state index contributed by atoms with van der Waals surface area (Å²) in [6.07, 6.45) is 9.20. The summed E-state index contributed by atoms with van der Waals surface area (Å²) in [6.45, 7) is 13.0. The van der Waals surface area contributed by atoms with Crippen LogP contribution in [0.25, 0.3) is 0 Å². The Kier molecular flexibility index (Phi) is 9.30. The molecule has 2 saturated heterocycles. The SMILES string of the molecule is CCCCN1C(=O)[C@H](CC(C)C)NC(=O)C12CCN(C(c1c(C)n[nH]c1C)C1CCCC1)CC2.Cl. The van der Waals surface area contributed by atoms with Crippen molar-refractivity contribution in [2.24, 2.45) is 11.8 Å². The van der Waals surface area contributed by atoms with Gasteiger partial charge < -0.3 is 10.2 Å². The minimum Gasteiger partial charge on any atom is -0.342 e. The summed E-state index contributed by atoms with van der Waals surface area (Å²) in [5.74, 6) is 1.20. The highest BCUT2D eigenvalue weighted by atomic mass is 35.5. The van der Waals surface area contributed by atoms with E-state index < -0.39 is 5.54 Å². The van der Waals surface area contributed by atoms with Crippen LogP contribution in [0.2, 0.25) is 0 Å². The molecule has 4 rings (SSSR count). The molecule has 0 aromatic carbocycles. The molecule has 1 spiro atoms. The molecule has 0 bridgehead atoms. The third-order valence-corrected chi connectivity index (χ3v) is 8.60. The molecule has 0 radical (unpaired) electrons. The van der Waals surface area contributed by atoms with Gasteiger partial charge in [-0.05, 0) is 64.2 Å². The number of rotatable bonds is 8. The summed E-state index contributed by atoms with van der Waals surface area (Å²) in [4.78, 5) is 31.8. The van der Waals surface area contributed by atoms with Crippen molar-refractivity contribution in [1.82, 2.24) is 25.3 Å². The first-order chi connectivity index (χ1) is 16.3. The van der Waals surface area contributed by atoms with E-state index in [0.29, 0.717) is 43.7 Å². The average Bonchev–Trinajstić information content (AvgIpc) is 3.45. The van der Waals surface area contributed by atoms with Crippen LogP contribution in [0, 0.1) is 25.7 Å². The number of nitrogens with zero attached hydrogens (tertiary/aromatic N) is 3. The van der Waals surface area contributed by atoms with E-state index in [0.717, 1.165) is 31.6 Å². The van der Waals surface area contributed by atoms with Gasteiger partial charge in [-0.2, -0.15) is 5.10 Å². The van der Waals surface area contributed by atoms with Gasteiger partial charge in [-0.1, -0.05) is 40.0 Å². The quantitative estimate of drug-likeness (QED) is 0.535.